The molecule has 0 aromatic heterocycles. The van der Waals surface area contributed by atoms with Gasteiger partial charge >= 0.3 is 0 Å². The normalized spacial score (nSPS) is 27.3. The first-order chi connectivity index (χ1) is 8.37. The highest BCUT2D eigenvalue weighted by Gasteiger charge is 2.53. The Kier molecular flexibility index (Phi) is 3.75. The van der Waals surface area contributed by atoms with Gasteiger partial charge in [-0.15, -0.1) is 0 Å². The maximum absolute atomic E-state index is 5.97. The zero-order chi connectivity index (χ0) is 13.4. The van der Waals surface area contributed by atoms with Gasteiger partial charge in [0.25, 0.3) is 0 Å². The van der Waals surface area contributed by atoms with E-state index in [1.54, 1.807) is 0 Å². The monoisotopic (exact) mass is 265 g/mol. The lowest BCUT2D eigenvalue weighted by atomic mass is 9.90. The van der Waals surface area contributed by atoms with Crippen LogP contribution in [-0.4, -0.2) is 12.1 Å². The van der Waals surface area contributed by atoms with Crippen LogP contribution in [0.1, 0.15) is 46.1 Å². The Labute approximate surface area is 116 Å². The molecule has 1 saturated carbocycles. The van der Waals surface area contributed by atoms with E-state index in [9.17, 15) is 0 Å². The van der Waals surface area contributed by atoms with Gasteiger partial charge in [0.15, 0.2) is 0 Å². The van der Waals surface area contributed by atoms with Crippen LogP contribution in [0.5, 0.6) is 0 Å². The molecule has 1 aliphatic rings. The minimum atomic E-state index is 0.210. The molecule has 0 spiro atoms. The molecule has 100 valence electrons. The van der Waals surface area contributed by atoms with Gasteiger partial charge in [-0.1, -0.05) is 30.7 Å². The van der Waals surface area contributed by atoms with E-state index in [4.69, 9.17) is 11.6 Å². The van der Waals surface area contributed by atoms with E-state index < -0.39 is 0 Å². The first-order valence-corrected chi connectivity index (χ1v) is 7.26. The van der Waals surface area contributed by atoms with E-state index in [-0.39, 0.29) is 5.54 Å². The van der Waals surface area contributed by atoms with Crippen LogP contribution >= 0.6 is 11.6 Å². The molecule has 1 aromatic carbocycles. The number of benzene rings is 1. The summed E-state index contributed by atoms with van der Waals surface area (Å²) in [6, 6.07) is 8.42. The molecule has 0 radical (unpaired) electrons. The Morgan fingerprint density at radius 1 is 1.28 bits per heavy atom. The third-order valence-corrected chi connectivity index (χ3v) is 4.41. The summed E-state index contributed by atoms with van der Waals surface area (Å²) in [6.45, 7) is 10.1. The number of hydrogen-bond donors (Lipinski definition) is 1. The van der Waals surface area contributed by atoms with Crippen LogP contribution in [0.4, 0.5) is 0 Å². The molecule has 18 heavy (non-hydrogen) atoms. The van der Waals surface area contributed by atoms with E-state index in [0.29, 0.717) is 5.41 Å². The molecule has 2 rings (SSSR count). The van der Waals surface area contributed by atoms with E-state index in [1.165, 1.54) is 18.4 Å². The van der Waals surface area contributed by atoms with Crippen LogP contribution in [-0.2, 0) is 5.41 Å². The molecule has 0 heterocycles. The van der Waals surface area contributed by atoms with Gasteiger partial charge in [0.05, 0.1) is 0 Å². The average Bonchev–Trinajstić information content (AvgIpc) is 3.01. The lowest BCUT2D eigenvalue weighted by Gasteiger charge is -2.22. The molecule has 0 bridgehead atoms. The first kappa shape index (κ1) is 13.9. The Hall–Kier alpha value is -0.530. The van der Waals surface area contributed by atoms with Crippen molar-refractivity contribution in [3.05, 3.63) is 34.9 Å². The molecule has 0 saturated heterocycles. The van der Waals surface area contributed by atoms with Gasteiger partial charge in [-0.05, 0) is 69.2 Å². The zero-order valence-electron chi connectivity index (χ0n) is 11.9. The van der Waals surface area contributed by atoms with E-state index in [1.807, 2.05) is 12.1 Å². The van der Waals surface area contributed by atoms with Crippen molar-refractivity contribution >= 4 is 11.6 Å². The van der Waals surface area contributed by atoms with Crippen molar-refractivity contribution in [1.82, 2.24) is 5.32 Å². The molecule has 1 aliphatic carbocycles. The SMILES string of the molecule is CCC1(c2ccc(Cl)cc2)CC1CNC(C)(C)C. The number of nitrogens with one attached hydrogen (secondary N) is 1. The summed E-state index contributed by atoms with van der Waals surface area (Å²) in [5.41, 5.74) is 2.06. The molecular formula is C16H24ClN. The van der Waals surface area contributed by atoms with Crippen LogP contribution in [0.2, 0.25) is 5.02 Å². The molecule has 2 heteroatoms. The molecule has 2 atom stereocenters. The number of halogens is 1. The summed E-state index contributed by atoms with van der Waals surface area (Å²) in [5.74, 6) is 0.767. The average molecular weight is 266 g/mol. The predicted octanol–water partition coefficient (Wildman–Crippen LogP) is 4.40. The third-order valence-electron chi connectivity index (χ3n) is 4.16. The smallest absolute Gasteiger partial charge is 0.0406 e. The quantitative estimate of drug-likeness (QED) is 0.851. The lowest BCUT2D eigenvalue weighted by molar-refractivity contribution is 0.401. The standard InChI is InChI=1S/C16H24ClN/c1-5-16(12-6-8-14(17)9-7-12)10-13(16)11-18-15(2,3)4/h6-9,13,18H,5,10-11H2,1-4H3. The number of hydrogen-bond acceptors (Lipinski definition) is 1. The van der Waals surface area contributed by atoms with Crippen molar-refractivity contribution in [3.63, 3.8) is 0 Å². The summed E-state index contributed by atoms with van der Waals surface area (Å²) in [5, 5.41) is 4.46. The van der Waals surface area contributed by atoms with Crippen LogP contribution in [0.3, 0.4) is 0 Å². The van der Waals surface area contributed by atoms with Crippen molar-refractivity contribution in [3.8, 4) is 0 Å². The molecule has 1 nitrogen and oxygen atoms in total. The highest BCUT2D eigenvalue weighted by Crippen LogP contribution is 2.56. The van der Waals surface area contributed by atoms with E-state index in [2.05, 4.69) is 45.1 Å². The first-order valence-electron chi connectivity index (χ1n) is 6.88. The molecule has 1 fully saturated rings. The van der Waals surface area contributed by atoms with Crippen LogP contribution in [0, 0.1) is 5.92 Å². The molecule has 1 aromatic rings. The third kappa shape index (κ3) is 2.89. The van der Waals surface area contributed by atoms with Gasteiger partial charge in [0, 0.05) is 10.6 Å². The van der Waals surface area contributed by atoms with Gasteiger partial charge in [0.2, 0.25) is 0 Å². The summed E-state index contributed by atoms with van der Waals surface area (Å²) in [6.07, 6.45) is 2.51. The van der Waals surface area contributed by atoms with Crippen molar-refractivity contribution < 1.29 is 0 Å². The fourth-order valence-electron chi connectivity index (χ4n) is 2.85. The fourth-order valence-corrected chi connectivity index (χ4v) is 2.98. The van der Waals surface area contributed by atoms with Crippen LogP contribution < -0.4 is 5.32 Å². The summed E-state index contributed by atoms with van der Waals surface area (Å²) in [7, 11) is 0. The van der Waals surface area contributed by atoms with Gasteiger partial charge < -0.3 is 5.32 Å². The van der Waals surface area contributed by atoms with Gasteiger partial charge in [-0.3, -0.25) is 0 Å². The van der Waals surface area contributed by atoms with Gasteiger partial charge in [0.1, 0.15) is 0 Å². The van der Waals surface area contributed by atoms with Crippen molar-refractivity contribution in [2.24, 2.45) is 5.92 Å². The molecule has 0 aliphatic heterocycles. The molecule has 1 N–H and O–H groups in total. The predicted molar refractivity (Wildman–Crippen MR) is 79.3 cm³/mol. The second kappa shape index (κ2) is 4.86. The minimum absolute atomic E-state index is 0.210. The van der Waals surface area contributed by atoms with Gasteiger partial charge in [-0.2, -0.15) is 0 Å². The summed E-state index contributed by atoms with van der Waals surface area (Å²) in [4.78, 5) is 0. The van der Waals surface area contributed by atoms with Crippen LogP contribution in [0.15, 0.2) is 24.3 Å². The van der Waals surface area contributed by atoms with E-state index in [0.717, 1.165) is 17.5 Å². The lowest BCUT2D eigenvalue weighted by Crippen LogP contribution is -2.38. The molecule has 2 unspecified atom stereocenters. The Morgan fingerprint density at radius 2 is 1.89 bits per heavy atom. The zero-order valence-corrected chi connectivity index (χ0v) is 12.6. The van der Waals surface area contributed by atoms with Crippen molar-refractivity contribution in [1.29, 1.82) is 0 Å². The maximum atomic E-state index is 5.97. The highest BCUT2D eigenvalue weighted by atomic mass is 35.5. The fraction of sp³-hybridized carbons (Fsp3) is 0.625. The Balaban J connectivity index is 2.04. The summed E-state index contributed by atoms with van der Waals surface area (Å²) < 4.78 is 0. The topological polar surface area (TPSA) is 12.0 Å². The number of rotatable bonds is 4. The summed E-state index contributed by atoms with van der Waals surface area (Å²) >= 11 is 5.97. The molecular weight excluding hydrogens is 242 g/mol. The second-order valence-electron chi connectivity index (χ2n) is 6.55. The Bertz CT molecular complexity index is 404. The molecule has 0 amide bonds. The minimum Gasteiger partial charge on any atom is -0.312 e. The highest BCUT2D eigenvalue weighted by molar-refractivity contribution is 6.30. The van der Waals surface area contributed by atoms with Crippen LogP contribution in [0.25, 0.3) is 0 Å². The maximum Gasteiger partial charge on any atom is 0.0406 e. The Morgan fingerprint density at radius 3 is 2.39 bits per heavy atom. The second-order valence-corrected chi connectivity index (χ2v) is 6.98. The van der Waals surface area contributed by atoms with Crippen molar-refractivity contribution in [2.45, 2.75) is 51.5 Å². The van der Waals surface area contributed by atoms with Crippen molar-refractivity contribution in [2.75, 3.05) is 6.54 Å². The van der Waals surface area contributed by atoms with E-state index >= 15 is 0 Å². The van der Waals surface area contributed by atoms with Gasteiger partial charge in [-0.25, -0.2) is 0 Å². The largest absolute Gasteiger partial charge is 0.312 e.